The van der Waals surface area contributed by atoms with Gasteiger partial charge in [0.25, 0.3) is 0 Å². The molecule has 0 atom stereocenters. The van der Waals surface area contributed by atoms with E-state index in [0.29, 0.717) is 31.2 Å². The molecule has 6 nitrogen and oxygen atoms in total. The molecule has 2 N–H and O–H groups in total. The molecule has 0 aliphatic rings. The lowest BCUT2D eigenvalue weighted by atomic mass is 9.97. The molecular weight excluding hydrogens is 428 g/mol. The molecule has 3 aromatic rings. The number of hydrogen-bond acceptors (Lipinski definition) is 4. The highest BCUT2D eigenvalue weighted by atomic mass is 16.5. The van der Waals surface area contributed by atoms with Crippen molar-refractivity contribution in [2.45, 2.75) is 6.54 Å². The Morgan fingerprint density at radius 3 is 2.38 bits per heavy atom. The summed E-state index contributed by atoms with van der Waals surface area (Å²) in [6.45, 7) is 4.52. The van der Waals surface area contributed by atoms with Gasteiger partial charge >= 0.3 is 0 Å². The molecule has 0 fully saturated rings. The third kappa shape index (κ3) is 7.10. The highest BCUT2D eigenvalue weighted by molar-refractivity contribution is 5.92. The fraction of sp³-hybridized carbons (Fsp3) is 0.143. The van der Waals surface area contributed by atoms with Gasteiger partial charge in [-0.2, -0.15) is 0 Å². The van der Waals surface area contributed by atoms with Gasteiger partial charge in [-0.05, 0) is 52.6 Å². The van der Waals surface area contributed by atoms with E-state index in [2.05, 4.69) is 17.2 Å². The Hall–Kier alpha value is -4.32. The van der Waals surface area contributed by atoms with Crippen LogP contribution in [-0.2, 0) is 16.1 Å². The predicted molar refractivity (Wildman–Crippen MR) is 134 cm³/mol. The number of nitrogens with one attached hydrogen (secondary N) is 2. The number of para-hydroxylation sites is 2. The number of amides is 2. The molecule has 0 aliphatic carbocycles. The van der Waals surface area contributed by atoms with Crippen LogP contribution in [0.15, 0.2) is 91.5 Å². The van der Waals surface area contributed by atoms with Crippen molar-refractivity contribution in [1.82, 2.24) is 10.6 Å². The molecule has 2 amide bonds. The number of hydrogen-bond donors (Lipinski definition) is 2. The fourth-order valence-corrected chi connectivity index (χ4v) is 3.32. The first kappa shape index (κ1) is 24.3. The summed E-state index contributed by atoms with van der Waals surface area (Å²) in [5.41, 5.74) is 3.85. The van der Waals surface area contributed by atoms with Gasteiger partial charge < -0.3 is 20.1 Å². The van der Waals surface area contributed by atoms with Gasteiger partial charge in [-0.25, -0.2) is 0 Å². The van der Waals surface area contributed by atoms with Gasteiger partial charge in [0.05, 0.1) is 13.7 Å². The molecule has 0 aliphatic heterocycles. The van der Waals surface area contributed by atoms with Crippen LogP contribution in [0, 0.1) is 0 Å². The van der Waals surface area contributed by atoms with E-state index in [-0.39, 0.29) is 11.8 Å². The van der Waals surface area contributed by atoms with Crippen LogP contribution in [-0.4, -0.2) is 32.1 Å². The Morgan fingerprint density at radius 1 is 0.912 bits per heavy atom. The number of ether oxygens (including phenoxy) is 2. The maximum Gasteiger partial charge on any atom is 0.244 e. The highest BCUT2D eigenvalue weighted by Gasteiger charge is 2.07. The summed E-state index contributed by atoms with van der Waals surface area (Å²) in [6, 6.07) is 23.2. The summed E-state index contributed by atoms with van der Waals surface area (Å²) >= 11 is 0. The van der Waals surface area contributed by atoms with Crippen LogP contribution >= 0.6 is 0 Å². The lowest BCUT2D eigenvalue weighted by molar-refractivity contribution is -0.117. The topological polar surface area (TPSA) is 76.7 Å². The second-order valence-electron chi connectivity index (χ2n) is 7.33. The Morgan fingerprint density at radius 2 is 1.65 bits per heavy atom. The number of rotatable bonds is 11. The molecule has 6 heteroatoms. The standard InChI is InChI=1S/C28H28N2O4/c1-3-27(31)30-20-23-19-21(13-15-24(23)22-9-5-4-6-10-22)14-16-28(32)29-17-18-34-26-12-8-7-11-25(26)33-2/h3-16,19H,1,17-18,20H2,2H3,(H,29,32)(H,30,31)/b16-14-. The van der Waals surface area contributed by atoms with E-state index >= 15 is 0 Å². The van der Waals surface area contributed by atoms with Crippen molar-refractivity contribution < 1.29 is 19.1 Å². The van der Waals surface area contributed by atoms with Crippen molar-refractivity contribution in [2.75, 3.05) is 20.3 Å². The maximum absolute atomic E-state index is 12.2. The van der Waals surface area contributed by atoms with E-state index < -0.39 is 0 Å². The average molecular weight is 457 g/mol. The van der Waals surface area contributed by atoms with Crippen LogP contribution in [0.3, 0.4) is 0 Å². The fourth-order valence-electron chi connectivity index (χ4n) is 3.32. The number of benzene rings is 3. The van der Waals surface area contributed by atoms with Crippen molar-refractivity contribution in [2.24, 2.45) is 0 Å². The normalized spacial score (nSPS) is 10.5. The zero-order chi connectivity index (χ0) is 24.2. The summed E-state index contributed by atoms with van der Waals surface area (Å²) < 4.78 is 10.9. The lowest BCUT2D eigenvalue weighted by Crippen LogP contribution is -2.26. The summed E-state index contributed by atoms with van der Waals surface area (Å²) in [6.07, 6.45) is 4.46. The summed E-state index contributed by atoms with van der Waals surface area (Å²) in [5, 5.41) is 5.62. The third-order valence-corrected chi connectivity index (χ3v) is 5.01. The van der Waals surface area contributed by atoms with Gasteiger partial charge in [-0.3, -0.25) is 9.59 Å². The van der Waals surface area contributed by atoms with Gasteiger partial charge in [-0.1, -0.05) is 61.2 Å². The minimum absolute atomic E-state index is 0.225. The van der Waals surface area contributed by atoms with E-state index in [1.165, 1.54) is 12.2 Å². The van der Waals surface area contributed by atoms with E-state index in [1.807, 2.05) is 72.8 Å². The van der Waals surface area contributed by atoms with E-state index in [9.17, 15) is 9.59 Å². The van der Waals surface area contributed by atoms with Crippen LogP contribution in [0.25, 0.3) is 17.2 Å². The molecule has 0 saturated heterocycles. The zero-order valence-electron chi connectivity index (χ0n) is 19.1. The van der Waals surface area contributed by atoms with Crippen LogP contribution in [0.1, 0.15) is 11.1 Å². The number of carbonyl (C=O) groups is 2. The van der Waals surface area contributed by atoms with Gasteiger partial charge in [0, 0.05) is 12.6 Å². The quantitative estimate of drug-likeness (QED) is 0.332. The molecule has 0 saturated carbocycles. The van der Waals surface area contributed by atoms with Crippen molar-refractivity contribution in [3.05, 3.63) is 103 Å². The van der Waals surface area contributed by atoms with Gasteiger partial charge in [-0.15, -0.1) is 0 Å². The summed E-state index contributed by atoms with van der Waals surface area (Å²) in [7, 11) is 1.58. The molecule has 174 valence electrons. The largest absolute Gasteiger partial charge is 0.493 e. The highest BCUT2D eigenvalue weighted by Crippen LogP contribution is 2.26. The Labute approximate surface area is 199 Å². The zero-order valence-corrected chi connectivity index (χ0v) is 19.1. The van der Waals surface area contributed by atoms with Crippen molar-refractivity contribution in [3.63, 3.8) is 0 Å². The Balaban J connectivity index is 1.61. The molecular formula is C28H28N2O4. The molecule has 0 spiro atoms. The van der Waals surface area contributed by atoms with Crippen LogP contribution < -0.4 is 20.1 Å². The smallest absolute Gasteiger partial charge is 0.244 e. The first-order valence-electron chi connectivity index (χ1n) is 10.9. The monoisotopic (exact) mass is 456 g/mol. The first-order valence-corrected chi connectivity index (χ1v) is 10.9. The first-order chi connectivity index (χ1) is 16.6. The average Bonchev–Trinajstić information content (AvgIpc) is 2.89. The number of carbonyl (C=O) groups excluding carboxylic acids is 2. The van der Waals surface area contributed by atoms with Crippen molar-refractivity contribution in [3.8, 4) is 22.6 Å². The summed E-state index contributed by atoms with van der Waals surface area (Å²) in [4.78, 5) is 23.9. The second kappa shape index (κ2) is 12.6. The predicted octanol–water partition coefficient (Wildman–Crippen LogP) is 4.37. The molecule has 3 rings (SSSR count). The molecule has 34 heavy (non-hydrogen) atoms. The van der Waals surface area contributed by atoms with Crippen LogP contribution in [0.5, 0.6) is 11.5 Å². The molecule has 0 bridgehead atoms. The van der Waals surface area contributed by atoms with Crippen molar-refractivity contribution in [1.29, 1.82) is 0 Å². The van der Waals surface area contributed by atoms with Gasteiger partial charge in [0.1, 0.15) is 6.61 Å². The second-order valence-corrected chi connectivity index (χ2v) is 7.33. The maximum atomic E-state index is 12.2. The minimum atomic E-state index is -0.241. The lowest BCUT2D eigenvalue weighted by Gasteiger charge is -2.12. The van der Waals surface area contributed by atoms with Crippen LogP contribution in [0.4, 0.5) is 0 Å². The molecule has 0 aromatic heterocycles. The third-order valence-electron chi connectivity index (χ3n) is 5.01. The molecule has 0 unspecified atom stereocenters. The van der Waals surface area contributed by atoms with Crippen molar-refractivity contribution >= 4 is 17.9 Å². The SMILES string of the molecule is C=CC(=O)NCc1cc(/C=C\C(=O)NCCOc2ccccc2OC)ccc1-c1ccccc1. The summed E-state index contributed by atoms with van der Waals surface area (Å²) in [5.74, 6) is 0.809. The molecule has 0 heterocycles. The van der Waals surface area contributed by atoms with Gasteiger partial charge in [0.2, 0.25) is 11.8 Å². The van der Waals surface area contributed by atoms with Crippen LogP contribution in [0.2, 0.25) is 0 Å². The molecule has 0 radical (unpaired) electrons. The van der Waals surface area contributed by atoms with E-state index in [1.54, 1.807) is 13.2 Å². The number of methoxy groups -OCH3 is 1. The van der Waals surface area contributed by atoms with E-state index in [0.717, 1.165) is 22.3 Å². The molecule has 3 aromatic carbocycles. The Bertz CT molecular complexity index is 1160. The minimum Gasteiger partial charge on any atom is -0.493 e. The Kier molecular flexibility index (Phi) is 9.05. The van der Waals surface area contributed by atoms with Gasteiger partial charge in [0.15, 0.2) is 11.5 Å². The van der Waals surface area contributed by atoms with E-state index in [4.69, 9.17) is 9.47 Å².